The van der Waals surface area contributed by atoms with E-state index >= 15 is 0 Å². The fourth-order valence-corrected chi connectivity index (χ4v) is 2.29. The minimum absolute atomic E-state index is 0.237. The largest absolute Gasteiger partial charge is 0.461 e. The molecule has 1 aromatic carbocycles. The summed E-state index contributed by atoms with van der Waals surface area (Å²) in [6.45, 7) is 5.05. The highest BCUT2D eigenvalue weighted by atomic mass is 19.2. The van der Waals surface area contributed by atoms with Crippen molar-refractivity contribution in [1.82, 2.24) is 0 Å². The highest BCUT2D eigenvalue weighted by Crippen LogP contribution is 2.29. The summed E-state index contributed by atoms with van der Waals surface area (Å²) in [7, 11) is 1.12. The van der Waals surface area contributed by atoms with Crippen LogP contribution in [0.1, 0.15) is 37.8 Å². The quantitative estimate of drug-likeness (QED) is 0.308. The van der Waals surface area contributed by atoms with Gasteiger partial charge >= 0.3 is 5.97 Å². The molecule has 1 N–H and O–H groups in total. The van der Waals surface area contributed by atoms with E-state index in [0.717, 1.165) is 7.11 Å². The zero-order valence-electron chi connectivity index (χ0n) is 14.9. The van der Waals surface area contributed by atoms with Crippen LogP contribution >= 0.6 is 0 Å². The van der Waals surface area contributed by atoms with Crippen LogP contribution in [0, 0.1) is 28.7 Å². The van der Waals surface area contributed by atoms with E-state index in [2.05, 4.69) is 11.3 Å². The summed E-state index contributed by atoms with van der Waals surface area (Å²) in [6, 6.07) is 0. The van der Waals surface area contributed by atoms with Crippen molar-refractivity contribution >= 4 is 5.97 Å². The number of halogens is 4. The van der Waals surface area contributed by atoms with Crippen molar-refractivity contribution < 1.29 is 36.9 Å². The minimum Gasteiger partial charge on any atom is -0.461 e. The van der Waals surface area contributed by atoms with Gasteiger partial charge in [0.1, 0.15) is 6.61 Å². The normalized spacial score (nSPS) is 12.8. The van der Waals surface area contributed by atoms with Gasteiger partial charge in [0.15, 0.2) is 23.3 Å². The first-order valence-corrected chi connectivity index (χ1v) is 7.84. The highest BCUT2D eigenvalue weighted by molar-refractivity contribution is 5.70. The molecule has 26 heavy (non-hydrogen) atoms. The summed E-state index contributed by atoms with van der Waals surface area (Å²) in [5.74, 6) is -7.36. The molecule has 0 aliphatic rings. The Kier molecular flexibility index (Phi) is 7.77. The van der Waals surface area contributed by atoms with Crippen molar-refractivity contribution in [2.75, 3.05) is 7.11 Å². The Hall–Kier alpha value is -1.93. The van der Waals surface area contributed by atoms with Gasteiger partial charge in [-0.1, -0.05) is 19.9 Å². The lowest BCUT2D eigenvalue weighted by Gasteiger charge is -2.28. The van der Waals surface area contributed by atoms with Crippen LogP contribution < -0.4 is 0 Å². The van der Waals surface area contributed by atoms with Gasteiger partial charge in [-0.15, -0.1) is 6.58 Å². The first-order valence-electron chi connectivity index (χ1n) is 7.84. The van der Waals surface area contributed by atoms with Crippen LogP contribution in [0.5, 0.6) is 0 Å². The van der Waals surface area contributed by atoms with Crippen LogP contribution in [-0.4, -0.2) is 24.3 Å². The van der Waals surface area contributed by atoms with Gasteiger partial charge in [-0.2, -0.15) is 0 Å². The van der Waals surface area contributed by atoms with E-state index in [1.807, 2.05) is 0 Å². The molecule has 146 valence electrons. The second kappa shape index (κ2) is 9.14. The van der Waals surface area contributed by atoms with Gasteiger partial charge in [0.25, 0.3) is 0 Å². The summed E-state index contributed by atoms with van der Waals surface area (Å²) < 4.78 is 64.8. The van der Waals surface area contributed by atoms with Crippen molar-refractivity contribution in [3.8, 4) is 0 Å². The number of methoxy groups -OCH3 is 1. The van der Waals surface area contributed by atoms with Crippen LogP contribution in [0.25, 0.3) is 0 Å². The van der Waals surface area contributed by atoms with E-state index in [4.69, 9.17) is 4.74 Å². The fourth-order valence-electron chi connectivity index (χ4n) is 2.29. The summed E-state index contributed by atoms with van der Waals surface area (Å²) in [6.07, 6.45) is 0.568. The molecule has 0 radical (unpaired) electrons. The van der Waals surface area contributed by atoms with Crippen molar-refractivity contribution in [2.24, 2.45) is 5.41 Å². The van der Waals surface area contributed by atoms with Crippen LogP contribution in [0.4, 0.5) is 17.6 Å². The Labute approximate surface area is 149 Å². The lowest BCUT2D eigenvalue weighted by atomic mass is 9.81. The lowest BCUT2D eigenvalue weighted by Crippen LogP contribution is -2.32. The second-order valence-corrected chi connectivity index (χ2v) is 6.51. The minimum atomic E-state index is -1.64. The van der Waals surface area contributed by atoms with Crippen LogP contribution in [-0.2, 0) is 27.5 Å². The smallest absolute Gasteiger partial charge is 0.306 e. The Balaban J connectivity index is 2.91. The van der Waals surface area contributed by atoms with Gasteiger partial charge in [0.2, 0.25) is 0 Å². The first kappa shape index (κ1) is 22.1. The molecule has 1 rings (SSSR count). The average Bonchev–Trinajstić information content (AvgIpc) is 2.56. The van der Waals surface area contributed by atoms with Crippen molar-refractivity contribution in [1.29, 1.82) is 0 Å². The zero-order chi connectivity index (χ0) is 20.1. The summed E-state index contributed by atoms with van der Waals surface area (Å²) in [5.41, 5.74) is -2.80. The molecule has 0 saturated heterocycles. The topological polar surface area (TPSA) is 55.8 Å². The standard InChI is InChI=1S/C18H22F4O4/c1-5-6-12(23)18(2,3)7-13(24)26-9-11-16(21)14(19)10(8-25-4)15(20)17(11)22/h5,12,23H,1,6-9H2,2-4H3. The van der Waals surface area contributed by atoms with Crippen LogP contribution in [0.3, 0.4) is 0 Å². The molecule has 0 aromatic heterocycles. The number of ether oxygens (including phenoxy) is 2. The van der Waals surface area contributed by atoms with E-state index in [1.54, 1.807) is 13.8 Å². The molecule has 8 heteroatoms. The first-order chi connectivity index (χ1) is 12.1. The van der Waals surface area contributed by atoms with Gasteiger partial charge in [0.05, 0.1) is 30.3 Å². The predicted octanol–water partition coefficient (Wildman–Crippen LogP) is 3.79. The molecule has 0 spiro atoms. The molecule has 0 aliphatic heterocycles. The monoisotopic (exact) mass is 378 g/mol. The third-order valence-corrected chi connectivity index (χ3v) is 4.00. The molecule has 1 atom stereocenters. The number of esters is 1. The maximum absolute atomic E-state index is 14.0. The molecule has 0 heterocycles. The number of aliphatic hydroxyl groups excluding tert-OH is 1. The van der Waals surface area contributed by atoms with Crippen molar-refractivity contribution in [3.63, 3.8) is 0 Å². The SMILES string of the molecule is C=CCC(O)C(C)(C)CC(=O)OCc1c(F)c(F)c(COC)c(F)c1F. The number of carbonyl (C=O) groups excluding carboxylic acids is 1. The molecule has 1 aromatic rings. The van der Waals surface area contributed by atoms with Crippen molar-refractivity contribution in [3.05, 3.63) is 47.1 Å². The Morgan fingerprint density at radius 3 is 2.00 bits per heavy atom. The van der Waals surface area contributed by atoms with E-state index < -0.39 is 65.1 Å². The molecule has 4 nitrogen and oxygen atoms in total. The van der Waals surface area contributed by atoms with Gasteiger partial charge in [-0.25, -0.2) is 17.6 Å². The summed E-state index contributed by atoms with van der Waals surface area (Å²) in [5, 5.41) is 9.94. The number of hydrogen-bond acceptors (Lipinski definition) is 4. The van der Waals surface area contributed by atoms with Gasteiger partial charge in [-0.05, 0) is 6.42 Å². The maximum Gasteiger partial charge on any atom is 0.306 e. The molecular formula is C18H22F4O4. The fraction of sp³-hybridized carbons (Fsp3) is 0.500. The van der Waals surface area contributed by atoms with Crippen molar-refractivity contribution in [2.45, 2.75) is 46.0 Å². The van der Waals surface area contributed by atoms with E-state index in [0.29, 0.717) is 0 Å². The molecule has 0 amide bonds. The van der Waals surface area contributed by atoms with Crippen LogP contribution in [0.2, 0.25) is 0 Å². The Morgan fingerprint density at radius 2 is 1.58 bits per heavy atom. The number of hydrogen-bond donors (Lipinski definition) is 1. The maximum atomic E-state index is 14.0. The van der Waals surface area contributed by atoms with E-state index in [-0.39, 0.29) is 12.8 Å². The van der Waals surface area contributed by atoms with Crippen LogP contribution in [0.15, 0.2) is 12.7 Å². The molecule has 1 unspecified atom stereocenters. The van der Waals surface area contributed by atoms with Gasteiger partial charge < -0.3 is 14.6 Å². The highest BCUT2D eigenvalue weighted by Gasteiger charge is 2.31. The van der Waals surface area contributed by atoms with E-state index in [1.165, 1.54) is 6.08 Å². The Morgan fingerprint density at radius 1 is 1.12 bits per heavy atom. The molecule has 0 bridgehead atoms. The average molecular weight is 378 g/mol. The number of carbonyl (C=O) groups is 1. The lowest BCUT2D eigenvalue weighted by molar-refractivity contribution is -0.149. The number of rotatable bonds is 9. The number of benzene rings is 1. The third kappa shape index (κ3) is 5.04. The summed E-state index contributed by atoms with van der Waals surface area (Å²) in [4.78, 5) is 11.9. The number of aliphatic hydroxyl groups is 1. The Bertz CT molecular complexity index is 645. The predicted molar refractivity (Wildman–Crippen MR) is 86.0 cm³/mol. The molecule has 0 saturated carbocycles. The second-order valence-electron chi connectivity index (χ2n) is 6.51. The third-order valence-electron chi connectivity index (χ3n) is 4.00. The van der Waals surface area contributed by atoms with E-state index in [9.17, 15) is 27.5 Å². The molecule has 0 aliphatic carbocycles. The van der Waals surface area contributed by atoms with Gasteiger partial charge in [-0.3, -0.25) is 4.79 Å². The summed E-state index contributed by atoms with van der Waals surface area (Å²) >= 11 is 0. The van der Waals surface area contributed by atoms with Gasteiger partial charge in [0, 0.05) is 12.5 Å². The molecular weight excluding hydrogens is 356 g/mol. The molecule has 0 fully saturated rings. The zero-order valence-corrected chi connectivity index (χ0v) is 14.9.